The standard InChI is InChI=1S/C17H20Br2N2O3/c18-11-9-12-13(14(19)15(11)22)10-5-4-6-20-16(23)17(10,24-12)21-7-2-1-3-8-21/h9-10,22H,1-8H2,(H,20,23)/p+1/t10-,17-/m0/s1. The van der Waals surface area contributed by atoms with Crippen molar-refractivity contribution < 1.29 is 19.5 Å². The van der Waals surface area contributed by atoms with E-state index in [1.807, 2.05) is 0 Å². The molecule has 0 unspecified atom stereocenters. The lowest BCUT2D eigenvalue weighted by molar-refractivity contribution is -0.967. The summed E-state index contributed by atoms with van der Waals surface area (Å²) in [6.45, 7) is 2.58. The zero-order valence-corrected chi connectivity index (χ0v) is 16.5. The van der Waals surface area contributed by atoms with Gasteiger partial charge in [0.2, 0.25) is 0 Å². The highest BCUT2D eigenvalue weighted by molar-refractivity contribution is 9.11. The highest BCUT2D eigenvalue weighted by Gasteiger charge is 2.63. The van der Waals surface area contributed by atoms with Gasteiger partial charge in [-0.1, -0.05) is 0 Å². The number of hydrogen-bond donors (Lipinski definition) is 3. The van der Waals surface area contributed by atoms with Crippen LogP contribution in [0.1, 0.15) is 43.6 Å². The fourth-order valence-corrected chi connectivity index (χ4v) is 5.84. The van der Waals surface area contributed by atoms with E-state index in [4.69, 9.17) is 4.74 Å². The number of hydrogen-bond acceptors (Lipinski definition) is 3. The molecule has 130 valence electrons. The van der Waals surface area contributed by atoms with Gasteiger partial charge in [0.15, 0.2) is 0 Å². The number of amides is 1. The van der Waals surface area contributed by atoms with Gasteiger partial charge in [-0.15, -0.1) is 0 Å². The van der Waals surface area contributed by atoms with Gasteiger partial charge in [-0.2, -0.15) is 0 Å². The highest BCUT2D eigenvalue weighted by Crippen LogP contribution is 2.53. The van der Waals surface area contributed by atoms with Gasteiger partial charge in [0.1, 0.15) is 11.5 Å². The Bertz CT molecular complexity index is 691. The summed E-state index contributed by atoms with van der Waals surface area (Å²) in [5.41, 5.74) is 0.0282. The van der Waals surface area contributed by atoms with Crippen molar-refractivity contribution in [1.82, 2.24) is 5.32 Å². The summed E-state index contributed by atoms with van der Waals surface area (Å²) in [6.07, 6.45) is 5.24. The first kappa shape index (κ1) is 16.7. The average molecular weight is 461 g/mol. The number of carbonyl (C=O) groups excluding carboxylic acids is 1. The van der Waals surface area contributed by atoms with Crippen LogP contribution in [0.4, 0.5) is 0 Å². The summed E-state index contributed by atoms with van der Waals surface area (Å²) < 4.78 is 7.65. The summed E-state index contributed by atoms with van der Waals surface area (Å²) >= 11 is 6.91. The first-order chi connectivity index (χ1) is 11.6. The van der Waals surface area contributed by atoms with Gasteiger partial charge in [-0.25, -0.2) is 0 Å². The topological polar surface area (TPSA) is 63.0 Å². The summed E-state index contributed by atoms with van der Waals surface area (Å²) in [5, 5.41) is 13.4. The molecular weight excluding hydrogens is 440 g/mol. The molecule has 1 aromatic rings. The Balaban J connectivity index is 1.88. The van der Waals surface area contributed by atoms with E-state index in [9.17, 15) is 9.90 Å². The lowest BCUT2D eigenvalue weighted by Crippen LogP contribution is -3.23. The Morgan fingerprint density at radius 2 is 2.00 bits per heavy atom. The number of benzene rings is 1. The number of nitrogens with one attached hydrogen (secondary N) is 2. The number of likely N-dealkylation sites (tertiary alicyclic amines) is 1. The van der Waals surface area contributed by atoms with E-state index in [0.29, 0.717) is 21.2 Å². The highest BCUT2D eigenvalue weighted by atomic mass is 79.9. The Hall–Kier alpha value is -0.790. The average Bonchev–Trinajstić information content (AvgIpc) is 2.83. The molecule has 3 aliphatic rings. The quantitative estimate of drug-likeness (QED) is 0.601. The maximum atomic E-state index is 13.1. The second-order valence-electron chi connectivity index (χ2n) is 6.89. The Labute approximate surface area is 158 Å². The van der Waals surface area contributed by atoms with Gasteiger partial charge < -0.3 is 15.2 Å². The number of ether oxygens (including phenoxy) is 1. The predicted molar refractivity (Wildman–Crippen MR) is 96.4 cm³/mol. The molecule has 0 bridgehead atoms. The third-order valence-electron chi connectivity index (χ3n) is 5.58. The molecule has 24 heavy (non-hydrogen) atoms. The first-order valence-electron chi connectivity index (χ1n) is 8.59. The van der Waals surface area contributed by atoms with Crippen LogP contribution in [-0.4, -0.2) is 36.4 Å². The predicted octanol–water partition coefficient (Wildman–Crippen LogP) is 2.07. The van der Waals surface area contributed by atoms with Crippen LogP contribution in [0.25, 0.3) is 0 Å². The number of halogens is 2. The maximum absolute atomic E-state index is 13.1. The molecule has 0 saturated carbocycles. The number of aromatic hydroxyl groups is 1. The summed E-state index contributed by atoms with van der Waals surface area (Å²) in [5.74, 6) is 0.815. The number of phenols is 1. The zero-order valence-electron chi connectivity index (χ0n) is 13.3. The molecule has 2 atom stereocenters. The Morgan fingerprint density at radius 3 is 2.75 bits per heavy atom. The molecule has 7 heteroatoms. The van der Waals surface area contributed by atoms with E-state index in [-0.39, 0.29) is 17.6 Å². The van der Waals surface area contributed by atoms with Crippen molar-refractivity contribution in [3.63, 3.8) is 0 Å². The zero-order chi connectivity index (χ0) is 16.9. The van der Waals surface area contributed by atoms with Crippen molar-refractivity contribution in [3.8, 4) is 11.5 Å². The first-order valence-corrected chi connectivity index (χ1v) is 10.2. The van der Waals surface area contributed by atoms with E-state index in [1.54, 1.807) is 6.07 Å². The monoisotopic (exact) mass is 459 g/mol. The second kappa shape index (κ2) is 6.18. The molecule has 3 heterocycles. The van der Waals surface area contributed by atoms with Crippen LogP contribution in [0.2, 0.25) is 0 Å². The van der Waals surface area contributed by atoms with Crippen molar-refractivity contribution in [2.75, 3.05) is 19.6 Å². The Morgan fingerprint density at radius 1 is 1.25 bits per heavy atom. The van der Waals surface area contributed by atoms with Crippen LogP contribution in [0.5, 0.6) is 11.5 Å². The summed E-state index contributed by atoms with van der Waals surface area (Å²) in [6, 6.07) is 1.79. The van der Waals surface area contributed by atoms with E-state index in [1.165, 1.54) is 11.3 Å². The summed E-state index contributed by atoms with van der Waals surface area (Å²) in [4.78, 5) is 14.3. The van der Waals surface area contributed by atoms with Crippen LogP contribution in [0, 0.1) is 0 Å². The summed E-state index contributed by atoms with van der Waals surface area (Å²) in [7, 11) is 0. The SMILES string of the molecule is O=C1NCCC[C@H]2c3c(cc(Br)c(O)c3Br)O[C@]12[NH+]1CCCCC1. The number of quaternary nitrogens is 1. The van der Waals surface area contributed by atoms with Crippen molar-refractivity contribution in [1.29, 1.82) is 0 Å². The minimum absolute atomic E-state index is 0.0133. The second-order valence-corrected chi connectivity index (χ2v) is 8.53. The van der Waals surface area contributed by atoms with Crippen molar-refractivity contribution >= 4 is 37.8 Å². The third-order valence-corrected chi connectivity index (χ3v) is 6.99. The molecular formula is C17H21Br2N2O3+. The molecule has 1 aromatic carbocycles. The number of rotatable bonds is 1. The minimum atomic E-state index is -0.908. The van der Waals surface area contributed by atoms with Gasteiger partial charge in [-0.05, 0) is 70.0 Å². The molecule has 2 fully saturated rings. The number of fused-ring (bicyclic) bond motifs is 3. The molecule has 1 amide bonds. The van der Waals surface area contributed by atoms with E-state index < -0.39 is 5.72 Å². The lowest BCUT2D eigenvalue weighted by Gasteiger charge is -2.39. The molecule has 2 saturated heterocycles. The molecule has 0 radical (unpaired) electrons. The van der Waals surface area contributed by atoms with Crippen molar-refractivity contribution in [3.05, 3.63) is 20.6 Å². The van der Waals surface area contributed by atoms with Gasteiger partial charge in [0.25, 0.3) is 0 Å². The van der Waals surface area contributed by atoms with Gasteiger partial charge in [0, 0.05) is 12.1 Å². The molecule has 0 aliphatic carbocycles. The lowest BCUT2D eigenvalue weighted by atomic mass is 9.84. The van der Waals surface area contributed by atoms with Gasteiger partial charge in [0.05, 0.1) is 28.0 Å². The smallest absolute Gasteiger partial charge is 0.328 e. The number of phenolic OH excluding ortho intramolecular Hbond substituents is 1. The number of piperidine rings is 1. The molecule has 3 N–H and O–H groups in total. The maximum Gasteiger partial charge on any atom is 0.328 e. The van der Waals surface area contributed by atoms with E-state index in [0.717, 1.165) is 44.3 Å². The largest absolute Gasteiger partial charge is 0.506 e. The van der Waals surface area contributed by atoms with Crippen LogP contribution in [0.15, 0.2) is 15.0 Å². The van der Waals surface area contributed by atoms with Crippen LogP contribution >= 0.6 is 31.9 Å². The van der Waals surface area contributed by atoms with Crippen LogP contribution in [0.3, 0.4) is 0 Å². The molecule has 4 rings (SSSR count). The van der Waals surface area contributed by atoms with E-state index in [2.05, 4.69) is 37.2 Å². The van der Waals surface area contributed by atoms with Crippen molar-refractivity contribution in [2.45, 2.75) is 43.7 Å². The number of carbonyl (C=O) groups is 1. The van der Waals surface area contributed by atoms with Crippen LogP contribution < -0.4 is 15.0 Å². The molecule has 0 spiro atoms. The third kappa shape index (κ3) is 2.31. The molecule has 5 nitrogen and oxygen atoms in total. The Kier molecular flexibility index (Phi) is 4.29. The minimum Gasteiger partial charge on any atom is -0.506 e. The fraction of sp³-hybridized carbons (Fsp3) is 0.588. The normalized spacial score (nSPS) is 30.1. The van der Waals surface area contributed by atoms with E-state index >= 15 is 0 Å². The van der Waals surface area contributed by atoms with Crippen molar-refractivity contribution in [2.24, 2.45) is 0 Å². The fourth-order valence-electron chi connectivity index (χ4n) is 4.48. The van der Waals surface area contributed by atoms with Gasteiger partial charge in [-0.3, -0.25) is 9.69 Å². The molecule has 0 aromatic heterocycles. The van der Waals surface area contributed by atoms with Crippen LogP contribution in [-0.2, 0) is 4.79 Å². The molecule has 3 aliphatic heterocycles. The van der Waals surface area contributed by atoms with Gasteiger partial charge >= 0.3 is 11.6 Å².